The van der Waals surface area contributed by atoms with Crippen molar-refractivity contribution in [1.29, 1.82) is 0 Å². The molecule has 1 aromatic heterocycles. The highest BCUT2D eigenvalue weighted by atomic mass is 32.1. The maximum Gasteiger partial charge on any atom is 0.0431 e. The molecule has 2 heteroatoms. The highest BCUT2D eigenvalue weighted by Gasteiger charge is 1.97. The number of unbranched alkanes of at least 4 members (excludes halogenated alkanes) is 8. The summed E-state index contributed by atoms with van der Waals surface area (Å²) in [7, 11) is 0. The minimum Gasteiger partial charge on any atom is -0.396 e. The van der Waals surface area contributed by atoms with Crippen LogP contribution in [0.4, 0.5) is 0 Å². The topological polar surface area (TPSA) is 20.2 Å². The van der Waals surface area contributed by atoms with E-state index in [9.17, 15) is 0 Å². The Hall–Kier alpha value is -0.340. The fourth-order valence-electron chi connectivity index (χ4n) is 2.27. The van der Waals surface area contributed by atoms with Gasteiger partial charge < -0.3 is 5.11 Å². The van der Waals surface area contributed by atoms with Gasteiger partial charge >= 0.3 is 0 Å². The van der Waals surface area contributed by atoms with E-state index in [1.54, 1.807) is 4.88 Å². The van der Waals surface area contributed by atoms with E-state index in [4.69, 9.17) is 5.11 Å². The Kier molecular flexibility index (Phi) is 9.23. The van der Waals surface area contributed by atoms with Crippen LogP contribution in [0.25, 0.3) is 0 Å². The summed E-state index contributed by atoms with van der Waals surface area (Å²) in [6, 6.07) is 4.51. The van der Waals surface area contributed by atoms with E-state index in [2.05, 4.69) is 19.1 Å². The first-order valence-electron chi connectivity index (χ1n) is 7.49. The Morgan fingerprint density at radius 1 is 0.833 bits per heavy atom. The van der Waals surface area contributed by atoms with Gasteiger partial charge in [0.25, 0.3) is 0 Å². The second-order valence-electron chi connectivity index (χ2n) is 5.17. The lowest BCUT2D eigenvalue weighted by Gasteiger charge is -2.01. The molecule has 18 heavy (non-hydrogen) atoms. The van der Waals surface area contributed by atoms with Crippen LogP contribution in [0, 0.1) is 6.92 Å². The Morgan fingerprint density at radius 3 is 1.89 bits per heavy atom. The number of rotatable bonds is 11. The number of thiophene rings is 1. The molecule has 0 aliphatic carbocycles. The van der Waals surface area contributed by atoms with Crippen molar-refractivity contribution in [3.05, 3.63) is 21.9 Å². The maximum absolute atomic E-state index is 8.66. The van der Waals surface area contributed by atoms with Crippen LogP contribution in [0.3, 0.4) is 0 Å². The molecule has 1 rings (SSSR count). The van der Waals surface area contributed by atoms with Gasteiger partial charge in [0.1, 0.15) is 0 Å². The van der Waals surface area contributed by atoms with Crippen LogP contribution in [-0.4, -0.2) is 11.7 Å². The third-order valence-electron chi connectivity index (χ3n) is 3.38. The number of aliphatic hydroxyl groups is 1. The minimum atomic E-state index is 0.363. The second kappa shape index (κ2) is 10.6. The normalized spacial score (nSPS) is 11.0. The molecule has 0 fully saturated rings. The van der Waals surface area contributed by atoms with Gasteiger partial charge in [-0.2, -0.15) is 0 Å². The number of hydrogen-bond donors (Lipinski definition) is 1. The molecule has 0 aliphatic heterocycles. The van der Waals surface area contributed by atoms with E-state index in [-0.39, 0.29) is 0 Å². The first kappa shape index (κ1) is 15.7. The molecule has 1 nitrogen and oxygen atoms in total. The van der Waals surface area contributed by atoms with Crippen molar-refractivity contribution in [2.24, 2.45) is 0 Å². The molecule has 0 atom stereocenters. The number of aliphatic hydroxyl groups excluding tert-OH is 1. The van der Waals surface area contributed by atoms with Gasteiger partial charge in [-0.3, -0.25) is 0 Å². The first-order valence-corrected chi connectivity index (χ1v) is 8.31. The van der Waals surface area contributed by atoms with Crippen LogP contribution in [0.5, 0.6) is 0 Å². The summed E-state index contributed by atoms with van der Waals surface area (Å²) in [4.78, 5) is 2.99. The lowest BCUT2D eigenvalue weighted by molar-refractivity contribution is 0.282. The van der Waals surface area contributed by atoms with Gasteiger partial charge in [0.2, 0.25) is 0 Å². The zero-order chi connectivity index (χ0) is 13.1. The van der Waals surface area contributed by atoms with E-state index in [0.29, 0.717) is 6.61 Å². The summed E-state index contributed by atoms with van der Waals surface area (Å²) >= 11 is 1.95. The largest absolute Gasteiger partial charge is 0.396 e. The highest BCUT2D eigenvalue weighted by Crippen LogP contribution is 2.18. The van der Waals surface area contributed by atoms with E-state index in [0.717, 1.165) is 6.42 Å². The fraction of sp³-hybridized carbons (Fsp3) is 0.750. The summed E-state index contributed by atoms with van der Waals surface area (Å²) in [5.41, 5.74) is 0. The lowest BCUT2D eigenvalue weighted by Crippen LogP contribution is -1.85. The predicted molar refractivity (Wildman–Crippen MR) is 81.4 cm³/mol. The molecule has 0 aromatic carbocycles. The molecule has 0 saturated heterocycles. The highest BCUT2D eigenvalue weighted by molar-refractivity contribution is 7.11. The van der Waals surface area contributed by atoms with Crippen molar-refractivity contribution in [3.8, 4) is 0 Å². The van der Waals surface area contributed by atoms with Gasteiger partial charge in [0.15, 0.2) is 0 Å². The fourth-order valence-corrected chi connectivity index (χ4v) is 3.20. The molecule has 0 spiro atoms. The molecular weight excluding hydrogens is 240 g/mol. The predicted octanol–water partition coefficient (Wildman–Crippen LogP) is 5.10. The monoisotopic (exact) mass is 268 g/mol. The van der Waals surface area contributed by atoms with Gasteiger partial charge in [-0.1, -0.05) is 44.9 Å². The molecule has 0 radical (unpaired) electrons. The van der Waals surface area contributed by atoms with Gasteiger partial charge in [0, 0.05) is 16.4 Å². The smallest absolute Gasteiger partial charge is 0.0431 e. The van der Waals surface area contributed by atoms with Crippen molar-refractivity contribution in [1.82, 2.24) is 0 Å². The van der Waals surface area contributed by atoms with Crippen molar-refractivity contribution in [2.45, 2.75) is 71.1 Å². The Morgan fingerprint density at radius 2 is 1.39 bits per heavy atom. The van der Waals surface area contributed by atoms with Crippen LogP contribution < -0.4 is 0 Å². The van der Waals surface area contributed by atoms with E-state index < -0.39 is 0 Å². The summed E-state index contributed by atoms with van der Waals surface area (Å²) in [5.74, 6) is 0. The van der Waals surface area contributed by atoms with E-state index in [1.165, 1.54) is 62.7 Å². The van der Waals surface area contributed by atoms with Gasteiger partial charge in [-0.15, -0.1) is 11.3 Å². The average Bonchev–Trinajstić information content (AvgIpc) is 2.77. The van der Waals surface area contributed by atoms with E-state index >= 15 is 0 Å². The van der Waals surface area contributed by atoms with Crippen molar-refractivity contribution in [3.63, 3.8) is 0 Å². The SMILES string of the molecule is Cc1ccc(CCCCCCCCCCCO)s1. The molecule has 1 heterocycles. The standard InChI is InChI=1S/C16H28OS/c1-15-12-13-16(18-15)11-9-7-5-3-2-4-6-8-10-14-17/h12-13,17H,2-11,14H2,1H3. The molecule has 104 valence electrons. The molecule has 0 saturated carbocycles. The molecule has 0 bridgehead atoms. The molecule has 1 N–H and O–H groups in total. The van der Waals surface area contributed by atoms with Gasteiger partial charge in [0.05, 0.1) is 0 Å². The lowest BCUT2D eigenvalue weighted by atomic mass is 10.1. The third kappa shape index (κ3) is 7.88. The average molecular weight is 268 g/mol. The Labute approximate surface area is 116 Å². The quantitative estimate of drug-likeness (QED) is 0.553. The van der Waals surface area contributed by atoms with Crippen molar-refractivity contribution < 1.29 is 5.11 Å². The van der Waals surface area contributed by atoms with Gasteiger partial charge in [-0.25, -0.2) is 0 Å². The van der Waals surface area contributed by atoms with E-state index in [1.807, 2.05) is 11.3 Å². The zero-order valence-corrected chi connectivity index (χ0v) is 12.6. The molecular formula is C16H28OS. The van der Waals surface area contributed by atoms with Crippen LogP contribution in [-0.2, 0) is 6.42 Å². The van der Waals surface area contributed by atoms with Crippen molar-refractivity contribution >= 4 is 11.3 Å². The molecule has 0 unspecified atom stereocenters. The van der Waals surface area contributed by atoms with Crippen LogP contribution in [0.2, 0.25) is 0 Å². The molecule has 1 aromatic rings. The Bertz CT molecular complexity index is 293. The first-order chi connectivity index (χ1) is 8.83. The summed E-state index contributed by atoms with van der Waals surface area (Å²) in [6.45, 7) is 2.55. The number of hydrogen-bond acceptors (Lipinski definition) is 2. The molecule has 0 aliphatic rings. The number of aryl methyl sites for hydroxylation is 2. The van der Waals surface area contributed by atoms with Crippen LogP contribution in [0.15, 0.2) is 12.1 Å². The summed E-state index contributed by atoms with van der Waals surface area (Å²) in [6.07, 6.45) is 13.0. The maximum atomic E-state index is 8.66. The summed E-state index contributed by atoms with van der Waals surface area (Å²) in [5, 5.41) is 8.66. The molecule has 0 amide bonds. The zero-order valence-electron chi connectivity index (χ0n) is 11.8. The van der Waals surface area contributed by atoms with Crippen molar-refractivity contribution in [2.75, 3.05) is 6.61 Å². The second-order valence-corrected chi connectivity index (χ2v) is 6.54. The third-order valence-corrected chi connectivity index (χ3v) is 4.44. The summed E-state index contributed by atoms with van der Waals surface area (Å²) < 4.78 is 0. The van der Waals surface area contributed by atoms with Crippen LogP contribution >= 0.6 is 11.3 Å². The van der Waals surface area contributed by atoms with Crippen LogP contribution in [0.1, 0.15) is 67.5 Å². The minimum absolute atomic E-state index is 0.363. The Balaban J connectivity index is 1.81. The van der Waals surface area contributed by atoms with Gasteiger partial charge in [-0.05, 0) is 38.3 Å².